The van der Waals surface area contributed by atoms with Gasteiger partial charge in [-0.3, -0.25) is 9.59 Å². The molecule has 2 aliphatic rings. The number of carbonyl (C=O) groups is 2. The highest BCUT2D eigenvalue weighted by atomic mass is 35.5. The third-order valence-corrected chi connectivity index (χ3v) is 6.78. The van der Waals surface area contributed by atoms with E-state index in [1.165, 1.54) is 6.20 Å². The molecule has 8 nitrogen and oxygen atoms in total. The van der Waals surface area contributed by atoms with Crippen molar-refractivity contribution in [1.82, 2.24) is 20.6 Å². The maximum atomic E-state index is 14.7. The molecule has 3 N–H and O–H groups in total. The second kappa shape index (κ2) is 10.1. The fourth-order valence-corrected chi connectivity index (χ4v) is 4.90. The number of fused-ring (bicyclic) bond motifs is 1. The van der Waals surface area contributed by atoms with Crippen molar-refractivity contribution in [2.45, 2.75) is 44.7 Å². The van der Waals surface area contributed by atoms with Crippen LogP contribution in [0.4, 0.5) is 20.4 Å². The lowest BCUT2D eigenvalue weighted by Gasteiger charge is -2.35. The summed E-state index contributed by atoms with van der Waals surface area (Å²) in [4.78, 5) is 35.9. The fraction of sp³-hybridized carbons (Fsp3) is 0.478. The van der Waals surface area contributed by atoms with Crippen LogP contribution in [0, 0.1) is 17.6 Å². The summed E-state index contributed by atoms with van der Waals surface area (Å²) >= 11 is 5.85. The van der Waals surface area contributed by atoms with Crippen LogP contribution in [-0.2, 0) is 4.79 Å². The van der Waals surface area contributed by atoms with E-state index >= 15 is 0 Å². The molecule has 0 saturated heterocycles. The number of nitrogens with zero attached hydrogens (tertiary/aromatic N) is 3. The highest BCUT2D eigenvalue weighted by Gasteiger charge is 2.33. The van der Waals surface area contributed by atoms with Gasteiger partial charge in [-0.15, -0.1) is 0 Å². The fourth-order valence-electron chi connectivity index (χ4n) is 4.68. The first-order valence-electron chi connectivity index (χ1n) is 11.3. The molecule has 1 aromatic carbocycles. The monoisotopic (exact) mass is 492 g/mol. The van der Waals surface area contributed by atoms with Crippen LogP contribution < -0.4 is 20.9 Å². The van der Waals surface area contributed by atoms with Crippen molar-refractivity contribution in [3.8, 4) is 0 Å². The van der Waals surface area contributed by atoms with Crippen LogP contribution in [-0.4, -0.2) is 48.0 Å². The molecule has 0 spiro atoms. The van der Waals surface area contributed by atoms with Crippen molar-refractivity contribution in [3.63, 3.8) is 0 Å². The molecule has 0 radical (unpaired) electrons. The molecule has 1 aliphatic carbocycles. The zero-order valence-electron chi connectivity index (χ0n) is 19.0. The summed E-state index contributed by atoms with van der Waals surface area (Å²) < 4.78 is 28.6. The molecule has 2 amide bonds. The van der Waals surface area contributed by atoms with Gasteiger partial charge >= 0.3 is 0 Å². The number of carbonyl (C=O) groups excluding carboxylic acids is 2. The standard InChI is InChI=1S/C23H27ClF2N6O2/c1-12(15-9-13(25)10-16(24)19(15)26)32-8-7-28-20-21(32)30-18(11-29-20)23(34)31-17-6-4-3-5-14(17)22(33)27-2/h9-12,14,17H,3-8H2,1-2H3,(H,27,33)(H,28,29)(H,31,34). The Morgan fingerprint density at radius 2 is 2.03 bits per heavy atom. The summed E-state index contributed by atoms with van der Waals surface area (Å²) in [5.41, 5.74) is 0.170. The lowest BCUT2D eigenvalue weighted by molar-refractivity contribution is -0.126. The molecule has 3 atom stereocenters. The SMILES string of the molecule is CNC(=O)C1CCCCC1NC(=O)c1cnc2c(n1)N(C(C)c1cc(F)cc(Cl)c1F)CCN2. The van der Waals surface area contributed by atoms with E-state index < -0.39 is 23.6 Å². The lowest BCUT2D eigenvalue weighted by Crippen LogP contribution is -2.48. The van der Waals surface area contributed by atoms with Gasteiger partial charge in [-0.05, 0) is 31.9 Å². The predicted molar refractivity (Wildman–Crippen MR) is 125 cm³/mol. The Balaban J connectivity index is 1.60. The van der Waals surface area contributed by atoms with Gasteiger partial charge in [0.05, 0.1) is 23.2 Å². The highest BCUT2D eigenvalue weighted by Crippen LogP contribution is 2.35. The third kappa shape index (κ3) is 4.77. The van der Waals surface area contributed by atoms with Crippen LogP contribution in [0.2, 0.25) is 5.02 Å². The molecule has 0 bridgehead atoms. The summed E-state index contributed by atoms with van der Waals surface area (Å²) in [6.07, 6.45) is 4.63. The molecule has 182 valence electrons. The average Bonchev–Trinajstić information content (AvgIpc) is 2.84. The third-order valence-electron chi connectivity index (χ3n) is 6.51. The van der Waals surface area contributed by atoms with Gasteiger partial charge in [0.15, 0.2) is 11.6 Å². The van der Waals surface area contributed by atoms with Crippen LogP contribution >= 0.6 is 11.6 Å². The quantitative estimate of drug-likeness (QED) is 0.553. The number of hydrogen-bond acceptors (Lipinski definition) is 6. The number of hydrogen-bond donors (Lipinski definition) is 3. The first-order valence-corrected chi connectivity index (χ1v) is 11.7. The normalized spacial score (nSPS) is 20.7. The average molecular weight is 493 g/mol. The molecule has 1 saturated carbocycles. The Hall–Kier alpha value is -3.01. The van der Waals surface area contributed by atoms with E-state index in [9.17, 15) is 18.4 Å². The van der Waals surface area contributed by atoms with Crippen molar-refractivity contribution in [2.24, 2.45) is 5.92 Å². The van der Waals surface area contributed by atoms with E-state index in [1.54, 1.807) is 18.9 Å². The lowest BCUT2D eigenvalue weighted by atomic mass is 9.83. The topological polar surface area (TPSA) is 99.2 Å². The summed E-state index contributed by atoms with van der Waals surface area (Å²) in [6, 6.07) is 1.13. The molecular weight excluding hydrogens is 466 g/mol. The first-order chi connectivity index (χ1) is 16.3. The number of amides is 2. The Morgan fingerprint density at radius 1 is 1.26 bits per heavy atom. The summed E-state index contributed by atoms with van der Waals surface area (Å²) in [6.45, 7) is 2.66. The van der Waals surface area contributed by atoms with E-state index in [-0.39, 0.29) is 34.1 Å². The molecular formula is C23H27ClF2N6O2. The van der Waals surface area contributed by atoms with Crippen molar-refractivity contribution in [3.05, 3.63) is 46.2 Å². The van der Waals surface area contributed by atoms with Gasteiger partial charge in [0, 0.05) is 31.7 Å². The van der Waals surface area contributed by atoms with E-state index in [4.69, 9.17) is 11.6 Å². The Kier molecular flexibility index (Phi) is 7.16. The van der Waals surface area contributed by atoms with Gasteiger partial charge in [0.25, 0.3) is 5.91 Å². The van der Waals surface area contributed by atoms with E-state index in [1.807, 2.05) is 0 Å². The minimum atomic E-state index is -0.699. The molecule has 11 heteroatoms. The van der Waals surface area contributed by atoms with Gasteiger partial charge in [-0.2, -0.15) is 0 Å². The number of halogens is 3. The van der Waals surface area contributed by atoms with Crippen LogP contribution in [0.15, 0.2) is 18.3 Å². The van der Waals surface area contributed by atoms with E-state index in [0.717, 1.165) is 25.0 Å². The van der Waals surface area contributed by atoms with Gasteiger partial charge in [-0.25, -0.2) is 18.7 Å². The number of rotatable bonds is 5. The van der Waals surface area contributed by atoms with Crippen molar-refractivity contribution < 1.29 is 18.4 Å². The van der Waals surface area contributed by atoms with Crippen LogP contribution in [0.1, 0.15) is 54.7 Å². The first kappa shape index (κ1) is 24.1. The Morgan fingerprint density at radius 3 is 2.79 bits per heavy atom. The summed E-state index contributed by atoms with van der Waals surface area (Å²) in [5.74, 6) is -1.37. The van der Waals surface area contributed by atoms with Gasteiger partial charge < -0.3 is 20.9 Å². The molecule has 34 heavy (non-hydrogen) atoms. The number of nitrogens with one attached hydrogen (secondary N) is 3. The van der Waals surface area contributed by atoms with Crippen LogP contribution in [0.25, 0.3) is 0 Å². The maximum Gasteiger partial charge on any atom is 0.271 e. The highest BCUT2D eigenvalue weighted by molar-refractivity contribution is 6.30. The van der Waals surface area contributed by atoms with Crippen molar-refractivity contribution in [2.75, 3.05) is 30.4 Å². The summed E-state index contributed by atoms with van der Waals surface area (Å²) in [7, 11) is 1.59. The zero-order chi connectivity index (χ0) is 24.4. The molecule has 2 heterocycles. The minimum Gasteiger partial charge on any atom is -0.365 e. The number of anilines is 2. The van der Waals surface area contributed by atoms with Gasteiger partial charge in [-0.1, -0.05) is 24.4 Å². The number of benzene rings is 1. The maximum absolute atomic E-state index is 14.7. The second-order valence-corrected chi connectivity index (χ2v) is 9.01. The van der Waals surface area contributed by atoms with Crippen molar-refractivity contribution >= 4 is 35.1 Å². The molecule has 1 aliphatic heterocycles. The van der Waals surface area contributed by atoms with Crippen molar-refractivity contribution in [1.29, 1.82) is 0 Å². The minimum absolute atomic E-state index is 0.0821. The summed E-state index contributed by atoms with van der Waals surface area (Å²) in [5, 5.41) is 8.43. The van der Waals surface area contributed by atoms with Gasteiger partial charge in [0.1, 0.15) is 17.3 Å². The molecule has 2 aromatic rings. The van der Waals surface area contributed by atoms with Crippen LogP contribution in [0.3, 0.4) is 0 Å². The van der Waals surface area contributed by atoms with Crippen LogP contribution in [0.5, 0.6) is 0 Å². The molecule has 3 unspecified atom stereocenters. The predicted octanol–water partition coefficient (Wildman–Crippen LogP) is 3.44. The Bertz CT molecular complexity index is 1100. The zero-order valence-corrected chi connectivity index (χ0v) is 19.8. The molecule has 1 fully saturated rings. The van der Waals surface area contributed by atoms with E-state index in [2.05, 4.69) is 25.9 Å². The van der Waals surface area contributed by atoms with E-state index in [0.29, 0.717) is 37.6 Å². The smallest absolute Gasteiger partial charge is 0.271 e. The molecule has 1 aromatic heterocycles. The second-order valence-electron chi connectivity index (χ2n) is 8.60. The molecule has 4 rings (SSSR count). The number of aromatic nitrogens is 2. The van der Waals surface area contributed by atoms with Gasteiger partial charge in [0.2, 0.25) is 5.91 Å². The Labute approximate surface area is 201 Å². The largest absolute Gasteiger partial charge is 0.365 e.